The predicted molar refractivity (Wildman–Crippen MR) is 46.2 cm³/mol. The summed E-state index contributed by atoms with van der Waals surface area (Å²) in [5.74, 6) is 0. The van der Waals surface area contributed by atoms with Crippen LogP contribution >= 0.6 is 0 Å². The van der Waals surface area contributed by atoms with E-state index in [0.29, 0.717) is 0 Å². The van der Waals surface area contributed by atoms with Crippen molar-refractivity contribution in [3.63, 3.8) is 0 Å². The van der Waals surface area contributed by atoms with Gasteiger partial charge in [-0.3, -0.25) is 0 Å². The first-order valence-electron chi connectivity index (χ1n) is 3.02. The summed E-state index contributed by atoms with van der Waals surface area (Å²) in [6.45, 7) is 12.3. The van der Waals surface area contributed by atoms with Crippen LogP contribution in [0.1, 0.15) is 26.2 Å². The Kier molecular flexibility index (Phi) is 42.8. The van der Waals surface area contributed by atoms with Crippen molar-refractivity contribution in [1.82, 2.24) is 0 Å². The van der Waals surface area contributed by atoms with Crippen LogP contribution in [0, 0.1) is 13.8 Å². The van der Waals surface area contributed by atoms with E-state index in [1.54, 1.807) is 0 Å². The second-order valence-electron chi connectivity index (χ2n) is 1.50. The van der Waals surface area contributed by atoms with Crippen LogP contribution in [-0.4, -0.2) is 23.1 Å². The van der Waals surface area contributed by atoms with Gasteiger partial charge >= 0.3 is 23.1 Å². The van der Waals surface area contributed by atoms with Crippen molar-refractivity contribution in [3.8, 4) is 0 Å². The fourth-order valence-electron chi connectivity index (χ4n) is 0.250. The summed E-state index contributed by atoms with van der Waals surface area (Å²) in [4.78, 5) is 0. The van der Waals surface area contributed by atoms with Crippen LogP contribution in [0.4, 0.5) is 0 Å². The molecule has 0 heterocycles. The van der Waals surface area contributed by atoms with Gasteiger partial charge in [0.15, 0.2) is 0 Å². The summed E-state index contributed by atoms with van der Waals surface area (Å²) < 4.78 is 0. The number of rotatable bonds is 2. The Hall–Kier alpha value is 0.376. The third-order valence-corrected chi connectivity index (χ3v) is 0.604. The SMILES string of the molecule is C=C[CH2-].[CH2-]CCCC.[Mg+2]. The molecule has 0 fully saturated rings. The Morgan fingerprint density at radius 3 is 1.89 bits per heavy atom. The second-order valence-corrected chi connectivity index (χ2v) is 1.50. The molecule has 0 aliphatic carbocycles. The molecule has 0 amide bonds. The molecule has 0 saturated carbocycles. The maximum absolute atomic E-state index is 3.68. The molecule has 0 aromatic heterocycles. The van der Waals surface area contributed by atoms with Gasteiger partial charge in [-0.25, -0.2) is 19.6 Å². The molecule has 0 bridgehead atoms. The van der Waals surface area contributed by atoms with Gasteiger partial charge in [0, 0.05) is 0 Å². The van der Waals surface area contributed by atoms with E-state index in [-0.39, 0.29) is 23.1 Å². The third-order valence-electron chi connectivity index (χ3n) is 0.604. The largest absolute Gasteiger partial charge is 2.00 e. The average molecular weight is 137 g/mol. The summed E-state index contributed by atoms with van der Waals surface area (Å²) in [5.41, 5.74) is 0. The van der Waals surface area contributed by atoms with Crippen LogP contribution in [0.5, 0.6) is 0 Å². The van der Waals surface area contributed by atoms with E-state index in [0.717, 1.165) is 6.42 Å². The van der Waals surface area contributed by atoms with Crippen molar-refractivity contribution >= 4 is 23.1 Å². The molecule has 0 radical (unpaired) electrons. The summed E-state index contributed by atoms with van der Waals surface area (Å²) in [7, 11) is 0. The Bertz CT molecular complexity index is 31.5. The topological polar surface area (TPSA) is 0 Å². The quantitative estimate of drug-likeness (QED) is 0.404. The first-order valence-corrected chi connectivity index (χ1v) is 3.02. The zero-order chi connectivity index (χ0) is 6.83. The third kappa shape index (κ3) is 60.3. The Labute approximate surface area is 75.9 Å². The molecule has 0 aliphatic heterocycles. The first kappa shape index (κ1) is 16.2. The molecule has 9 heavy (non-hydrogen) atoms. The van der Waals surface area contributed by atoms with Crippen LogP contribution < -0.4 is 0 Å². The molecule has 50 valence electrons. The molecular formula is C8H16Mg. The molecule has 0 aromatic carbocycles. The maximum Gasteiger partial charge on any atom is 2.00 e. The molecule has 0 aromatic rings. The summed E-state index contributed by atoms with van der Waals surface area (Å²) in [6.07, 6.45) is 5.15. The van der Waals surface area contributed by atoms with Crippen molar-refractivity contribution in [2.75, 3.05) is 0 Å². The van der Waals surface area contributed by atoms with Gasteiger partial charge in [-0.1, -0.05) is 19.8 Å². The first-order chi connectivity index (χ1) is 3.83. The zero-order valence-electron chi connectivity index (χ0n) is 6.53. The Balaban J connectivity index is -0.0000000800. The number of hydrogen-bond donors (Lipinski definition) is 0. The van der Waals surface area contributed by atoms with Crippen LogP contribution in [0.3, 0.4) is 0 Å². The summed E-state index contributed by atoms with van der Waals surface area (Å²) in [5, 5.41) is 0. The molecule has 1 heteroatoms. The van der Waals surface area contributed by atoms with Crippen molar-refractivity contribution in [2.45, 2.75) is 26.2 Å². The van der Waals surface area contributed by atoms with Crippen LogP contribution in [0.25, 0.3) is 0 Å². The smallest absolute Gasteiger partial charge is 0.343 e. The van der Waals surface area contributed by atoms with Crippen LogP contribution in [-0.2, 0) is 0 Å². The standard InChI is InChI=1S/C5H11.C3H5.Mg/c1-3-5-4-2;1-3-2;/h1,3-5H2,2H3;3H,1-2H2;/q2*-1;+2. The van der Waals surface area contributed by atoms with Gasteiger partial charge in [0.25, 0.3) is 0 Å². The molecule has 0 rings (SSSR count). The second kappa shape index (κ2) is 23.8. The predicted octanol–water partition coefficient (Wildman–Crippen LogP) is 2.64. The molecule has 0 nitrogen and oxygen atoms in total. The van der Waals surface area contributed by atoms with Gasteiger partial charge in [0.05, 0.1) is 0 Å². The van der Waals surface area contributed by atoms with E-state index in [4.69, 9.17) is 0 Å². The molecule has 0 atom stereocenters. The minimum atomic E-state index is 0. The van der Waals surface area contributed by atoms with Gasteiger partial charge in [0.1, 0.15) is 0 Å². The number of unbranched alkanes of at least 4 members (excludes halogenated alkanes) is 2. The van der Waals surface area contributed by atoms with E-state index in [2.05, 4.69) is 27.4 Å². The van der Waals surface area contributed by atoms with E-state index in [9.17, 15) is 0 Å². The molecule has 0 aliphatic rings. The monoisotopic (exact) mass is 136 g/mol. The molecule has 0 saturated heterocycles. The minimum Gasteiger partial charge on any atom is -0.343 e. The van der Waals surface area contributed by atoms with E-state index in [1.165, 1.54) is 18.9 Å². The van der Waals surface area contributed by atoms with Crippen LogP contribution in [0.2, 0.25) is 0 Å². The number of allylic oxidation sites excluding steroid dienone is 1. The van der Waals surface area contributed by atoms with Gasteiger partial charge < -0.3 is 6.92 Å². The van der Waals surface area contributed by atoms with Gasteiger partial charge in [-0.2, -0.15) is 6.42 Å². The van der Waals surface area contributed by atoms with Crippen molar-refractivity contribution < 1.29 is 0 Å². The van der Waals surface area contributed by atoms with E-state index in [1.807, 2.05) is 0 Å². The van der Waals surface area contributed by atoms with Crippen molar-refractivity contribution in [3.05, 3.63) is 26.5 Å². The average Bonchev–Trinajstić information content (AvgIpc) is 1.71. The van der Waals surface area contributed by atoms with Gasteiger partial charge in [0.2, 0.25) is 0 Å². The van der Waals surface area contributed by atoms with Crippen molar-refractivity contribution in [2.24, 2.45) is 0 Å². The van der Waals surface area contributed by atoms with Crippen molar-refractivity contribution in [1.29, 1.82) is 0 Å². The minimum absolute atomic E-state index is 0. The van der Waals surface area contributed by atoms with E-state index < -0.39 is 0 Å². The molecule has 0 N–H and O–H groups in total. The Morgan fingerprint density at radius 1 is 1.56 bits per heavy atom. The zero-order valence-corrected chi connectivity index (χ0v) is 7.94. The van der Waals surface area contributed by atoms with Gasteiger partial charge in [-0.05, 0) is 0 Å². The fourth-order valence-corrected chi connectivity index (χ4v) is 0.250. The fraction of sp³-hybridized carbons (Fsp3) is 0.500. The van der Waals surface area contributed by atoms with Gasteiger partial charge in [-0.15, -0.1) is 0 Å². The summed E-state index contributed by atoms with van der Waals surface area (Å²) >= 11 is 0. The molecule has 0 unspecified atom stereocenters. The molecular weight excluding hydrogens is 120 g/mol. The summed E-state index contributed by atoms with van der Waals surface area (Å²) in [6, 6.07) is 0. The molecule has 0 spiro atoms. The number of hydrogen-bond acceptors (Lipinski definition) is 0. The van der Waals surface area contributed by atoms with E-state index >= 15 is 0 Å². The van der Waals surface area contributed by atoms with Crippen LogP contribution in [0.15, 0.2) is 12.7 Å². The maximum atomic E-state index is 3.68. The Morgan fingerprint density at radius 2 is 1.89 bits per heavy atom. The normalized spacial score (nSPS) is 6.00.